The smallest absolute Gasteiger partial charge is 0.185 e. The number of benzene rings is 1. The zero-order valence-corrected chi connectivity index (χ0v) is 15.7. The molecule has 3 aromatic rings. The first kappa shape index (κ1) is 17.1. The van der Waals surface area contributed by atoms with Crippen LogP contribution < -0.4 is 10.6 Å². The van der Waals surface area contributed by atoms with Gasteiger partial charge in [-0.15, -0.1) is 15.3 Å². The quantitative estimate of drug-likeness (QED) is 0.689. The van der Waals surface area contributed by atoms with Crippen molar-refractivity contribution < 1.29 is 0 Å². The zero-order valence-electron chi connectivity index (χ0n) is 15.7. The summed E-state index contributed by atoms with van der Waals surface area (Å²) in [6.07, 6.45) is 6.25. The molecular weight excluding hydrogens is 350 g/mol. The number of piperazine rings is 1. The van der Waals surface area contributed by atoms with Crippen molar-refractivity contribution >= 4 is 17.0 Å². The lowest BCUT2D eigenvalue weighted by Gasteiger charge is -2.27. The number of anilines is 1. The molecule has 5 rings (SSSR count). The van der Waals surface area contributed by atoms with Crippen LogP contribution in [0.5, 0.6) is 0 Å². The van der Waals surface area contributed by atoms with E-state index in [1.165, 1.54) is 5.57 Å². The minimum Gasteiger partial charge on any atom is -0.367 e. The van der Waals surface area contributed by atoms with Gasteiger partial charge in [0.05, 0.1) is 0 Å². The minimum absolute atomic E-state index is 0.753. The number of allylic oxidation sites excluding steroid dienone is 4. The van der Waals surface area contributed by atoms with Crippen molar-refractivity contribution in [2.45, 2.75) is 0 Å². The van der Waals surface area contributed by atoms with Crippen LogP contribution in [0.3, 0.4) is 0 Å². The van der Waals surface area contributed by atoms with Gasteiger partial charge >= 0.3 is 0 Å². The van der Waals surface area contributed by atoms with Crippen LogP contribution in [-0.2, 0) is 0 Å². The summed E-state index contributed by atoms with van der Waals surface area (Å²) in [4.78, 5) is 2.47. The van der Waals surface area contributed by atoms with Crippen molar-refractivity contribution in [2.24, 2.45) is 0 Å². The van der Waals surface area contributed by atoms with E-state index in [0.717, 1.165) is 67.7 Å². The Morgan fingerprint density at radius 1 is 1.07 bits per heavy atom. The van der Waals surface area contributed by atoms with E-state index in [9.17, 15) is 0 Å². The van der Waals surface area contributed by atoms with Gasteiger partial charge in [0.1, 0.15) is 0 Å². The van der Waals surface area contributed by atoms with Crippen molar-refractivity contribution in [1.29, 1.82) is 0 Å². The van der Waals surface area contributed by atoms with Gasteiger partial charge in [-0.2, -0.15) is 4.52 Å². The Balaban J connectivity index is 1.44. The Kier molecular flexibility index (Phi) is 4.60. The number of rotatable bonds is 6. The maximum absolute atomic E-state index is 4.87. The summed E-state index contributed by atoms with van der Waals surface area (Å²) < 4.78 is 1.83. The number of aromatic nitrogens is 4. The van der Waals surface area contributed by atoms with Gasteiger partial charge in [0.25, 0.3) is 0 Å². The highest BCUT2D eigenvalue weighted by Crippen LogP contribution is 2.29. The van der Waals surface area contributed by atoms with Gasteiger partial charge in [-0.3, -0.25) is 4.90 Å². The molecule has 1 aliphatic carbocycles. The lowest BCUT2D eigenvalue weighted by Crippen LogP contribution is -2.45. The molecule has 0 unspecified atom stereocenters. The molecule has 0 saturated carbocycles. The second-order valence-electron chi connectivity index (χ2n) is 7.07. The van der Waals surface area contributed by atoms with Crippen LogP contribution in [0, 0.1) is 0 Å². The van der Waals surface area contributed by atoms with Gasteiger partial charge in [0, 0.05) is 50.4 Å². The van der Waals surface area contributed by atoms with Crippen molar-refractivity contribution in [2.75, 3.05) is 44.6 Å². The molecule has 0 spiro atoms. The molecule has 0 amide bonds. The third-order valence-corrected chi connectivity index (χ3v) is 5.22. The predicted molar refractivity (Wildman–Crippen MR) is 111 cm³/mol. The summed E-state index contributed by atoms with van der Waals surface area (Å²) in [5.41, 5.74) is 4.00. The Labute approximate surface area is 163 Å². The third kappa shape index (κ3) is 3.30. The molecule has 3 heterocycles. The Morgan fingerprint density at radius 3 is 2.64 bits per heavy atom. The number of hydrogen-bond acceptors (Lipinski definition) is 6. The first-order valence-corrected chi connectivity index (χ1v) is 9.76. The van der Waals surface area contributed by atoms with Crippen LogP contribution in [0.25, 0.3) is 22.6 Å². The molecule has 1 fully saturated rings. The summed E-state index contributed by atoms with van der Waals surface area (Å²) >= 11 is 0. The van der Waals surface area contributed by atoms with E-state index in [-0.39, 0.29) is 0 Å². The molecule has 2 N–H and O–H groups in total. The molecule has 1 aromatic carbocycles. The van der Waals surface area contributed by atoms with Gasteiger partial charge < -0.3 is 10.6 Å². The van der Waals surface area contributed by atoms with Crippen LogP contribution in [0.4, 0.5) is 5.82 Å². The van der Waals surface area contributed by atoms with E-state index < -0.39 is 0 Å². The molecule has 142 valence electrons. The molecule has 1 aliphatic heterocycles. The van der Waals surface area contributed by atoms with Gasteiger partial charge in [-0.05, 0) is 11.6 Å². The summed E-state index contributed by atoms with van der Waals surface area (Å²) in [6, 6.07) is 12.1. The van der Waals surface area contributed by atoms with Crippen LogP contribution in [0.15, 0.2) is 54.6 Å². The normalized spacial score (nSPS) is 16.8. The second kappa shape index (κ2) is 7.53. The molecule has 7 heteroatoms. The fraction of sp³-hybridized carbons (Fsp3) is 0.286. The van der Waals surface area contributed by atoms with Crippen LogP contribution in [-0.4, -0.2) is 64.0 Å². The topological polar surface area (TPSA) is 70.4 Å². The number of nitrogens with one attached hydrogen (secondary N) is 2. The molecule has 1 saturated heterocycles. The van der Waals surface area contributed by atoms with Crippen LogP contribution in [0.2, 0.25) is 0 Å². The monoisotopic (exact) mass is 373 g/mol. The highest BCUT2D eigenvalue weighted by molar-refractivity contribution is 5.87. The highest BCUT2D eigenvalue weighted by atomic mass is 15.4. The summed E-state index contributed by atoms with van der Waals surface area (Å²) in [5.74, 6) is 1.63. The van der Waals surface area contributed by atoms with Crippen molar-refractivity contribution in [3.8, 4) is 11.4 Å². The SMILES string of the molecule is C1=CC(c2cc3nnc(-c4ccccc4)n3nc2NCCN2CCNCC2)=C1. The van der Waals surface area contributed by atoms with Crippen molar-refractivity contribution in [3.63, 3.8) is 0 Å². The predicted octanol–water partition coefficient (Wildman–Crippen LogP) is 2.06. The summed E-state index contributed by atoms with van der Waals surface area (Å²) in [6.45, 7) is 6.17. The Bertz CT molecular complexity index is 1030. The first-order valence-electron chi connectivity index (χ1n) is 9.76. The van der Waals surface area contributed by atoms with Crippen LogP contribution in [0.1, 0.15) is 5.56 Å². The van der Waals surface area contributed by atoms with Gasteiger partial charge in [0.15, 0.2) is 17.3 Å². The average Bonchev–Trinajstić information content (AvgIpc) is 3.11. The fourth-order valence-corrected chi connectivity index (χ4v) is 3.59. The highest BCUT2D eigenvalue weighted by Gasteiger charge is 2.17. The first-order chi connectivity index (χ1) is 13.9. The Hall–Kier alpha value is -3.03. The standard InChI is InChI=1S/C21H23N7/c1-2-5-17(6-3-1)21-25-24-19-15-18(16-7-4-8-16)20(26-28(19)21)23-11-14-27-12-9-22-10-13-27/h1-8,15,22H,9-14H2,(H,23,26). The van der Waals surface area contributed by atoms with Crippen molar-refractivity contribution in [1.82, 2.24) is 30.0 Å². The zero-order chi connectivity index (χ0) is 18.8. The van der Waals surface area contributed by atoms with E-state index in [0.29, 0.717) is 0 Å². The summed E-state index contributed by atoms with van der Waals surface area (Å²) in [5, 5.41) is 20.5. The molecule has 2 aliphatic rings. The molecular formula is C21H23N7. The maximum Gasteiger partial charge on any atom is 0.185 e. The molecule has 28 heavy (non-hydrogen) atoms. The molecule has 0 bridgehead atoms. The van der Waals surface area contributed by atoms with E-state index >= 15 is 0 Å². The lowest BCUT2D eigenvalue weighted by atomic mass is 10.0. The van der Waals surface area contributed by atoms with E-state index in [1.54, 1.807) is 0 Å². The van der Waals surface area contributed by atoms with Crippen LogP contribution >= 0.6 is 0 Å². The maximum atomic E-state index is 4.87. The fourth-order valence-electron chi connectivity index (χ4n) is 3.59. The van der Waals surface area contributed by atoms with Gasteiger partial charge in [0.2, 0.25) is 0 Å². The minimum atomic E-state index is 0.753. The molecule has 2 aromatic heterocycles. The third-order valence-electron chi connectivity index (χ3n) is 5.22. The van der Waals surface area contributed by atoms with Gasteiger partial charge in [-0.1, -0.05) is 48.6 Å². The molecule has 0 radical (unpaired) electrons. The average molecular weight is 373 g/mol. The summed E-state index contributed by atoms with van der Waals surface area (Å²) in [7, 11) is 0. The van der Waals surface area contributed by atoms with Crippen molar-refractivity contribution in [3.05, 3.63) is 60.2 Å². The van der Waals surface area contributed by atoms with Gasteiger partial charge in [-0.25, -0.2) is 0 Å². The van der Waals surface area contributed by atoms with E-state index in [4.69, 9.17) is 5.10 Å². The molecule has 7 nitrogen and oxygen atoms in total. The van der Waals surface area contributed by atoms with E-state index in [2.05, 4.69) is 43.9 Å². The largest absolute Gasteiger partial charge is 0.367 e. The lowest BCUT2D eigenvalue weighted by molar-refractivity contribution is 0.249. The Morgan fingerprint density at radius 2 is 1.89 bits per heavy atom. The number of fused-ring (bicyclic) bond motifs is 1. The van der Waals surface area contributed by atoms with E-state index in [1.807, 2.05) is 40.9 Å². The number of hydrogen-bond donors (Lipinski definition) is 2. The molecule has 0 atom stereocenters. The number of nitrogens with zero attached hydrogens (tertiary/aromatic N) is 5. The second-order valence-corrected chi connectivity index (χ2v) is 7.07.